The quantitative estimate of drug-likeness (QED) is 0.123. The van der Waals surface area contributed by atoms with Crippen molar-refractivity contribution < 1.29 is 0 Å². The molecule has 1 aliphatic rings. The van der Waals surface area contributed by atoms with Gasteiger partial charge in [0, 0.05) is 66.1 Å². The van der Waals surface area contributed by atoms with Crippen molar-refractivity contribution in [2.75, 3.05) is 0 Å². The first-order valence-electron chi connectivity index (χ1n) is 34.4. The van der Waals surface area contributed by atoms with Crippen molar-refractivity contribution in [2.24, 2.45) is 5.92 Å². The molecule has 0 spiro atoms. The molecular formula is C94H68N4. The third-order valence-corrected chi connectivity index (χ3v) is 21.2. The second-order valence-electron chi connectivity index (χ2n) is 26.9. The maximum absolute atomic E-state index is 2.53. The van der Waals surface area contributed by atoms with E-state index in [-0.39, 0.29) is 5.92 Å². The van der Waals surface area contributed by atoms with Gasteiger partial charge in [-0.2, -0.15) is 0 Å². The molecule has 1 unspecified atom stereocenters. The maximum atomic E-state index is 2.53. The number of hydrogen-bond donors (Lipinski definition) is 0. The van der Waals surface area contributed by atoms with Gasteiger partial charge in [0.2, 0.25) is 0 Å². The molecule has 0 saturated heterocycles. The van der Waals surface area contributed by atoms with E-state index in [0.29, 0.717) is 0 Å². The summed E-state index contributed by atoms with van der Waals surface area (Å²) < 4.78 is 9.92. The maximum Gasteiger partial charge on any atom is 0.0547 e. The van der Waals surface area contributed by atoms with Crippen molar-refractivity contribution in [1.82, 2.24) is 18.3 Å². The number of fused-ring (bicyclic) bond motifs is 12. The van der Waals surface area contributed by atoms with Gasteiger partial charge in [0.25, 0.3) is 0 Å². The molecule has 98 heavy (non-hydrogen) atoms. The molecule has 4 heterocycles. The smallest absolute Gasteiger partial charge is 0.0547 e. The van der Waals surface area contributed by atoms with Crippen LogP contribution in [0.1, 0.15) is 33.5 Å². The summed E-state index contributed by atoms with van der Waals surface area (Å²) in [6.45, 7) is 6.68. The first-order valence-corrected chi connectivity index (χ1v) is 34.4. The Labute approximate surface area is 570 Å². The lowest BCUT2D eigenvalue weighted by Crippen LogP contribution is -2.11. The Balaban J connectivity index is 0.657. The van der Waals surface area contributed by atoms with Gasteiger partial charge in [-0.3, -0.25) is 0 Å². The highest BCUT2D eigenvalue weighted by molar-refractivity contribution is 6.14. The third-order valence-electron chi connectivity index (χ3n) is 21.2. The minimum Gasteiger partial charge on any atom is -0.309 e. The molecule has 18 aromatic rings. The van der Waals surface area contributed by atoms with Crippen molar-refractivity contribution in [2.45, 2.75) is 33.6 Å². The van der Waals surface area contributed by atoms with E-state index in [1.165, 1.54) is 165 Å². The average molecular weight is 1250 g/mol. The SMILES string of the molecule is Cc1ccccc1-c1ccc2c3c(C)cccc3n(-c3ccc(-c4ccc(-n5c6cc(-c7ccccc7CC7C=Cc8c(c9ccc(-c%10ccccc%10)cc9n8-c8cccc(-n9c%10ccccc%10c%10ccc(-c%11ccccc%11)cc%109)c8)C7)ccc6c6c(C)cccc65)cc4)cc3)c2c1. The van der Waals surface area contributed by atoms with Crippen LogP contribution in [0, 0.1) is 26.7 Å². The van der Waals surface area contributed by atoms with Crippen molar-refractivity contribution in [3.8, 4) is 78.4 Å². The van der Waals surface area contributed by atoms with Gasteiger partial charge in [0.05, 0.1) is 38.6 Å². The molecule has 0 N–H and O–H groups in total. The van der Waals surface area contributed by atoms with Crippen LogP contribution in [-0.2, 0) is 12.8 Å². The Morgan fingerprint density at radius 2 is 0.694 bits per heavy atom. The van der Waals surface area contributed by atoms with E-state index in [0.717, 1.165) is 35.6 Å². The predicted molar refractivity (Wildman–Crippen MR) is 414 cm³/mol. The number of allylic oxidation sites excluding steroid dienone is 1. The average Bonchev–Trinajstić information content (AvgIpc) is 1.60. The summed E-state index contributed by atoms with van der Waals surface area (Å²) in [6, 6.07) is 117. The van der Waals surface area contributed by atoms with Gasteiger partial charge in [-0.05, 0) is 214 Å². The predicted octanol–water partition coefficient (Wildman–Crippen LogP) is 24.6. The number of aromatic nitrogens is 4. The molecule has 0 radical (unpaired) electrons. The molecule has 4 nitrogen and oxygen atoms in total. The number of hydrogen-bond acceptors (Lipinski definition) is 0. The summed E-state index contributed by atoms with van der Waals surface area (Å²) in [6.07, 6.45) is 6.75. The Kier molecular flexibility index (Phi) is 13.4. The van der Waals surface area contributed by atoms with Crippen LogP contribution in [0.25, 0.3) is 161 Å². The molecule has 0 amide bonds. The summed E-state index contributed by atoms with van der Waals surface area (Å²) >= 11 is 0. The van der Waals surface area contributed by atoms with Crippen LogP contribution in [0.4, 0.5) is 0 Å². The van der Waals surface area contributed by atoms with Crippen LogP contribution in [0.5, 0.6) is 0 Å². The molecule has 14 aromatic carbocycles. The topological polar surface area (TPSA) is 19.7 Å². The van der Waals surface area contributed by atoms with Gasteiger partial charge in [-0.25, -0.2) is 0 Å². The summed E-state index contributed by atoms with van der Waals surface area (Å²) in [7, 11) is 0. The Bertz CT molecular complexity index is 6250. The van der Waals surface area contributed by atoms with Gasteiger partial charge in [-0.1, -0.05) is 237 Å². The minimum atomic E-state index is 0.280. The lowest BCUT2D eigenvalue weighted by atomic mass is 9.85. The Morgan fingerprint density at radius 1 is 0.276 bits per heavy atom. The van der Waals surface area contributed by atoms with Gasteiger partial charge in [-0.15, -0.1) is 0 Å². The molecular weight excluding hydrogens is 1190 g/mol. The van der Waals surface area contributed by atoms with Gasteiger partial charge < -0.3 is 18.3 Å². The van der Waals surface area contributed by atoms with Crippen LogP contribution in [0.3, 0.4) is 0 Å². The summed E-state index contributed by atoms with van der Waals surface area (Å²) in [5.74, 6) is 0.280. The van der Waals surface area contributed by atoms with Crippen molar-refractivity contribution in [1.29, 1.82) is 0 Å². The molecule has 19 rings (SSSR count). The highest BCUT2D eigenvalue weighted by Gasteiger charge is 2.26. The highest BCUT2D eigenvalue weighted by atomic mass is 15.0. The summed E-state index contributed by atoms with van der Waals surface area (Å²) in [4.78, 5) is 0. The fourth-order valence-corrected chi connectivity index (χ4v) is 16.5. The zero-order chi connectivity index (χ0) is 65.1. The summed E-state index contributed by atoms with van der Waals surface area (Å²) in [5, 5.41) is 8.93. The zero-order valence-electron chi connectivity index (χ0n) is 55.0. The first kappa shape index (κ1) is 57.2. The number of aryl methyl sites for hydroxylation is 3. The van der Waals surface area contributed by atoms with E-state index >= 15 is 0 Å². The molecule has 4 aromatic heterocycles. The molecule has 0 aliphatic heterocycles. The van der Waals surface area contributed by atoms with E-state index in [9.17, 15) is 0 Å². The van der Waals surface area contributed by atoms with E-state index in [2.05, 4.69) is 367 Å². The van der Waals surface area contributed by atoms with Gasteiger partial charge in [0.1, 0.15) is 0 Å². The normalized spacial score (nSPS) is 13.1. The number of nitrogens with zero attached hydrogens (tertiary/aromatic N) is 4. The third kappa shape index (κ3) is 9.35. The molecule has 1 aliphatic carbocycles. The molecule has 4 heteroatoms. The highest BCUT2D eigenvalue weighted by Crippen LogP contribution is 2.44. The Hall–Kier alpha value is -12.2. The van der Waals surface area contributed by atoms with Crippen molar-refractivity contribution in [3.05, 3.63) is 355 Å². The largest absolute Gasteiger partial charge is 0.309 e. The van der Waals surface area contributed by atoms with Gasteiger partial charge >= 0.3 is 0 Å². The first-order chi connectivity index (χ1) is 48.3. The number of benzene rings is 14. The molecule has 0 saturated carbocycles. The standard InChI is InChI=1S/C94H68N4/c1-60-19-10-12-29-77(60)71-42-50-82-91(57-71)95(87-33-16-20-61(2)93(82)87)73-44-36-66(37-45-73)67-38-46-74(47-39-67)96-88-34-17-21-62(3)94(88)83-51-43-72(58-92(83)96)78-30-13-11-26-70(78)53-63-35-52-86-84(54-63)81-49-41-69(65-24-8-5-9-25-65)56-90(81)98(86)76-28-18-27-75(59-76)97-85-32-15-14-31-79(85)80-48-40-68(55-89(80)97)64-22-6-4-7-23-64/h4-52,55-59,63H,53-54H2,1-3H3. The monoisotopic (exact) mass is 1250 g/mol. The molecule has 0 bridgehead atoms. The minimum absolute atomic E-state index is 0.280. The van der Waals surface area contributed by atoms with E-state index < -0.39 is 0 Å². The van der Waals surface area contributed by atoms with Crippen LogP contribution >= 0.6 is 0 Å². The van der Waals surface area contributed by atoms with E-state index in [1.807, 2.05) is 0 Å². The van der Waals surface area contributed by atoms with Gasteiger partial charge in [0.15, 0.2) is 0 Å². The van der Waals surface area contributed by atoms with Crippen LogP contribution < -0.4 is 0 Å². The van der Waals surface area contributed by atoms with E-state index in [4.69, 9.17) is 0 Å². The molecule has 464 valence electrons. The van der Waals surface area contributed by atoms with Crippen LogP contribution in [0.2, 0.25) is 0 Å². The fraction of sp³-hybridized carbons (Fsp3) is 0.0638. The van der Waals surface area contributed by atoms with Crippen LogP contribution in [-0.4, -0.2) is 18.3 Å². The van der Waals surface area contributed by atoms with Crippen molar-refractivity contribution in [3.63, 3.8) is 0 Å². The van der Waals surface area contributed by atoms with Crippen molar-refractivity contribution >= 4 is 82.4 Å². The second kappa shape index (κ2) is 23.0. The zero-order valence-corrected chi connectivity index (χ0v) is 55.0. The summed E-state index contributed by atoms with van der Waals surface area (Å²) in [5.41, 5.74) is 33.0. The lowest BCUT2D eigenvalue weighted by Gasteiger charge is -2.21. The van der Waals surface area contributed by atoms with Crippen LogP contribution in [0.15, 0.2) is 322 Å². The number of para-hydroxylation sites is 1. The Morgan fingerprint density at radius 3 is 1.32 bits per heavy atom. The van der Waals surface area contributed by atoms with E-state index in [1.54, 1.807) is 0 Å². The fourth-order valence-electron chi connectivity index (χ4n) is 16.5. The lowest BCUT2D eigenvalue weighted by molar-refractivity contribution is 0.641. The molecule has 1 atom stereocenters. The number of rotatable bonds is 11. The second-order valence-corrected chi connectivity index (χ2v) is 26.9. The molecule has 0 fully saturated rings.